The average molecular weight is 371 g/mol. The minimum absolute atomic E-state index is 0.130. The van der Waals surface area contributed by atoms with Gasteiger partial charge >= 0.3 is 0 Å². The van der Waals surface area contributed by atoms with Crippen LogP contribution in [0.25, 0.3) is 22.8 Å². The molecule has 0 radical (unpaired) electrons. The molecule has 0 fully saturated rings. The topological polar surface area (TPSA) is 77.2 Å². The number of hydrogen-bond acceptors (Lipinski definition) is 5. The molecule has 3 aromatic carbocycles. The van der Waals surface area contributed by atoms with E-state index in [1.807, 2.05) is 78.9 Å². The van der Waals surface area contributed by atoms with Gasteiger partial charge in [0.1, 0.15) is 5.75 Å². The summed E-state index contributed by atoms with van der Waals surface area (Å²) in [5.41, 5.74) is 2.21. The summed E-state index contributed by atoms with van der Waals surface area (Å²) in [5, 5.41) is 6.83. The van der Waals surface area contributed by atoms with E-state index < -0.39 is 0 Å². The van der Waals surface area contributed by atoms with Crippen molar-refractivity contribution >= 4 is 11.6 Å². The normalized spacial score (nSPS) is 10.4. The van der Waals surface area contributed by atoms with Crippen LogP contribution in [0.4, 0.5) is 5.69 Å². The first-order valence-corrected chi connectivity index (χ1v) is 8.76. The number of amides is 1. The van der Waals surface area contributed by atoms with Gasteiger partial charge in [-0.2, -0.15) is 4.98 Å². The SMILES string of the molecule is O=C(COc1ccccc1-c1noc(-c2ccccc2)n1)Nc1ccccc1. The number of carbonyl (C=O) groups excluding carboxylic acids is 1. The lowest BCUT2D eigenvalue weighted by Gasteiger charge is -2.09. The Morgan fingerprint density at radius 1 is 0.893 bits per heavy atom. The molecule has 1 amide bonds. The van der Waals surface area contributed by atoms with E-state index in [1.165, 1.54) is 0 Å². The lowest BCUT2D eigenvalue weighted by atomic mass is 10.2. The van der Waals surface area contributed by atoms with Crippen molar-refractivity contribution in [2.75, 3.05) is 11.9 Å². The van der Waals surface area contributed by atoms with E-state index in [0.717, 1.165) is 11.3 Å². The van der Waals surface area contributed by atoms with Crippen LogP contribution < -0.4 is 10.1 Å². The summed E-state index contributed by atoms with van der Waals surface area (Å²) in [4.78, 5) is 16.6. The van der Waals surface area contributed by atoms with Gasteiger partial charge in [0.25, 0.3) is 11.8 Å². The molecule has 0 atom stereocenters. The van der Waals surface area contributed by atoms with Gasteiger partial charge in [-0.1, -0.05) is 53.7 Å². The van der Waals surface area contributed by atoms with Gasteiger partial charge in [-0.3, -0.25) is 4.79 Å². The number of carbonyl (C=O) groups is 1. The number of hydrogen-bond donors (Lipinski definition) is 1. The molecule has 1 aromatic heterocycles. The Hall–Kier alpha value is -3.93. The van der Waals surface area contributed by atoms with Crippen molar-refractivity contribution in [1.82, 2.24) is 10.1 Å². The number of benzene rings is 3. The van der Waals surface area contributed by atoms with Crippen LogP contribution in [0.3, 0.4) is 0 Å². The highest BCUT2D eigenvalue weighted by atomic mass is 16.5. The largest absolute Gasteiger partial charge is 0.483 e. The van der Waals surface area contributed by atoms with Crippen LogP contribution in [0, 0.1) is 0 Å². The quantitative estimate of drug-likeness (QED) is 0.543. The van der Waals surface area contributed by atoms with Gasteiger partial charge in [0.2, 0.25) is 5.82 Å². The highest BCUT2D eigenvalue weighted by Crippen LogP contribution is 2.29. The average Bonchev–Trinajstić information content (AvgIpc) is 3.24. The fourth-order valence-electron chi connectivity index (χ4n) is 2.67. The van der Waals surface area contributed by atoms with E-state index in [2.05, 4.69) is 15.5 Å². The monoisotopic (exact) mass is 371 g/mol. The Morgan fingerprint density at radius 3 is 2.36 bits per heavy atom. The Kier molecular flexibility index (Phi) is 5.11. The smallest absolute Gasteiger partial charge is 0.262 e. The molecule has 138 valence electrons. The van der Waals surface area contributed by atoms with E-state index in [-0.39, 0.29) is 12.5 Å². The molecule has 0 aliphatic heterocycles. The molecule has 0 aliphatic rings. The van der Waals surface area contributed by atoms with Crippen LogP contribution in [0.1, 0.15) is 0 Å². The Balaban J connectivity index is 1.48. The summed E-state index contributed by atoms with van der Waals surface area (Å²) in [6.45, 7) is -0.130. The molecular formula is C22H17N3O3. The summed E-state index contributed by atoms with van der Waals surface area (Å²) in [6.07, 6.45) is 0. The predicted molar refractivity (Wildman–Crippen MR) is 106 cm³/mol. The first-order valence-electron chi connectivity index (χ1n) is 8.76. The summed E-state index contributed by atoms with van der Waals surface area (Å²) < 4.78 is 11.1. The molecule has 1 heterocycles. The Labute approximate surface area is 161 Å². The standard InChI is InChI=1S/C22H17N3O3/c26-20(23-17-11-5-2-6-12-17)15-27-19-14-8-7-13-18(19)21-24-22(28-25-21)16-9-3-1-4-10-16/h1-14H,15H2,(H,23,26). The van der Waals surface area contributed by atoms with Crippen molar-refractivity contribution in [2.45, 2.75) is 0 Å². The van der Waals surface area contributed by atoms with Gasteiger partial charge in [0.15, 0.2) is 6.61 Å². The second kappa shape index (κ2) is 8.18. The molecule has 0 aliphatic carbocycles. The fourth-order valence-corrected chi connectivity index (χ4v) is 2.67. The van der Waals surface area contributed by atoms with Crippen LogP contribution in [-0.2, 0) is 4.79 Å². The van der Waals surface area contributed by atoms with E-state index >= 15 is 0 Å². The van der Waals surface area contributed by atoms with Crippen molar-refractivity contribution in [3.05, 3.63) is 84.9 Å². The van der Waals surface area contributed by atoms with Crippen molar-refractivity contribution in [2.24, 2.45) is 0 Å². The number of nitrogens with zero attached hydrogens (tertiary/aromatic N) is 2. The van der Waals surface area contributed by atoms with E-state index in [9.17, 15) is 4.79 Å². The number of anilines is 1. The molecule has 6 nitrogen and oxygen atoms in total. The van der Waals surface area contributed by atoms with Gasteiger partial charge in [-0.05, 0) is 36.4 Å². The van der Waals surface area contributed by atoms with Crippen molar-refractivity contribution in [1.29, 1.82) is 0 Å². The lowest BCUT2D eigenvalue weighted by molar-refractivity contribution is -0.118. The Bertz CT molecular complexity index is 1060. The molecule has 0 unspecified atom stereocenters. The minimum Gasteiger partial charge on any atom is -0.483 e. The zero-order chi connectivity index (χ0) is 19.2. The molecule has 4 rings (SSSR count). The third kappa shape index (κ3) is 4.07. The van der Waals surface area contributed by atoms with Crippen LogP contribution in [0.2, 0.25) is 0 Å². The maximum Gasteiger partial charge on any atom is 0.262 e. The molecule has 0 spiro atoms. The number of para-hydroxylation sites is 2. The third-order valence-corrected chi connectivity index (χ3v) is 3.99. The predicted octanol–water partition coefficient (Wildman–Crippen LogP) is 4.42. The second-order valence-electron chi connectivity index (χ2n) is 5.99. The first-order chi connectivity index (χ1) is 13.8. The van der Waals surface area contributed by atoms with Gasteiger partial charge < -0.3 is 14.6 Å². The number of nitrogens with one attached hydrogen (secondary N) is 1. The maximum absolute atomic E-state index is 12.1. The molecule has 0 saturated carbocycles. The summed E-state index contributed by atoms with van der Waals surface area (Å²) in [5.74, 6) is 1.08. The number of aromatic nitrogens is 2. The van der Waals surface area contributed by atoms with E-state index in [4.69, 9.17) is 9.26 Å². The van der Waals surface area contributed by atoms with Crippen molar-refractivity contribution in [3.8, 4) is 28.6 Å². The van der Waals surface area contributed by atoms with Crippen molar-refractivity contribution < 1.29 is 14.1 Å². The van der Waals surface area contributed by atoms with Gasteiger partial charge in [-0.25, -0.2) is 0 Å². The molecule has 6 heteroatoms. The zero-order valence-electron chi connectivity index (χ0n) is 14.9. The van der Waals surface area contributed by atoms with Gasteiger partial charge in [0.05, 0.1) is 5.56 Å². The highest BCUT2D eigenvalue weighted by molar-refractivity contribution is 5.91. The minimum atomic E-state index is -0.251. The molecule has 0 saturated heterocycles. The van der Waals surface area contributed by atoms with Gasteiger partial charge in [0, 0.05) is 11.3 Å². The van der Waals surface area contributed by atoms with Crippen molar-refractivity contribution in [3.63, 3.8) is 0 Å². The van der Waals surface area contributed by atoms with E-state index in [0.29, 0.717) is 23.0 Å². The van der Waals surface area contributed by atoms with Crippen LogP contribution in [-0.4, -0.2) is 22.7 Å². The molecule has 28 heavy (non-hydrogen) atoms. The second-order valence-corrected chi connectivity index (χ2v) is 5.99. The third-order valence-electron chi connectivity index (χ3n) is 3.99. The number of ether oxygens (including phenoxy) is 1. The molecule has 1 N–H and O–H groups in total. The van der Waals surface area contributed by atoms with Gasteiger partial charge in [-0.15, -0.1) is 0 Å². The summed E-state index contributed by atoms with van der Waals surface area (Å²) in [6, 6.07) is 26.0. The summed E-state index contributed by atoms with van der Waals surface area (Å²) >= 11 is 0. The van der Waals surface area contributed by atoms with Crippen LogP contribution in [0.15, 0.2) is 89.5 Å². The zero-order valence-corrected chi connectivity index (χ0v) is 14.9. The summed E-state index contributed by atoms with van der Waals surface area (Å²) in [7, 11) is 0. The van der Waals surface area contributed by atoms with Crippen LogP contribution >= 0.6 is 0 Å². The molecular weight excluding hydrogens is 354 g/mol. The maximum atomic E-state index is 12.1. The lowest BCUT2D eigenvalue weighted by Crippen LogP contribution is -2.20. The first kappa shape index (κ1) is 17.5. The van der Waals surface area contributed by atoms with Crippen LogP contribution in [0.5, 0.6) is 5.75 Å². The molecule has 4 aromatic rings. The highest BCUT2D eigenvalue weighted by Gasteiger charge is 2.15. The van der Waals surface area contributed by atoms with E-state index in [1.54, 1.807) is 6.07 Å². The fraction of sp³-hybridized carbons (Fsp3) is 0.0455. The Morgan fingerprint density at radius 2 is 1.57 bits per heavy atom. The molecule has 0 bridgehead atoms. The number of rotatable bonds is 6.